The molecule has 1 aromatic rings. The second-order valence-corrected chi connectivity index (χ2v) is 5.37. The van der Waals surface area contributed by atoms with E-state index < -0.39 is 0 Å². The lowest BCUT2D eigenvalue weighted by Crippen LogP contribution is -2.46. The molecule has 2 rings (SSSR count). The van der Waals surface area contributed by atoms with E-state index >= 15 is 0 Å². The first-order chi connectivity index (χ1) is 10.7. The van der Waals surface area contributed by atoms with Gasteiger partial charge in [-0.3, -0.25) is 9.69 Å². The summed E-state index contributed by atoms with van der Waals surface area (Å²) in [5.74, 6) is 1.13. The number of nitrogens with one attached hydrogen (secondary N) is 2. The fourth-order valence-corrected chi connectivity index (χ4v) is 2.58. The summed E-state index contributed by atoms with van der Waals surface area (Å²) in [7, 11) is 3.16. The summed E-state index contributed by atoms with van der Waals surface area (Å²) in [4.78, 5) is 14.7. The average Bonchev–Trinajstić information content (AvgIpc) is 2.55. The van der Waals surface area contributed by atoms with Crippen LogP contribution in [0.25, 0.3) is 0 Å². The fourth-order valence-electron chi connectivity index (χ4n) is 2.58. The van der Waals surface area contributed by atoms with Crippen LogP contribution in [0.1, 0.15) is 15.9 Å². The van der Waals surface area contributed by atoms with E-state index in [1.165, 1.54) is 0 Å². The largest absolute Gasteiger partial charge is 0.493 e. The number of aryl methyl sites for hydroxylation is 1. The molecule has 23 heavy (non-hydrogen) atoms. The Hall–Kier alpha value is -1.50. The molecule has 6 nitrogen and oxygen atoms in total. The summed E-state index contributed by atoms with van der Waals surface area (Å²) in [6, 6.07) is 3.55. The topological polar surface area (TPSA) is 62.8 Å². The van der Waals surface area contributed by atoms with Crippen LogP contribution in [0.15, 0.2) is 12.1 Å². The second-order valence-electron chi connectivity index (χ2n) is 5.37. The maximum Gasteiger partial charge on any atom is 0.251 e. The van der Waals surface area contributed by atoms with Gasteiger partial charge in [0.05, 0.1) is 14.2 Å². The molecule has 0 saturated carbocycles. The molecule has 1 amide bonds. The number of piperazine rings is 1. The van der Waals surface area contributed by atoms with Crippen molar-refractivity contribution in [3.05, 3.63) is 23.3 Å². The van der Waals surface area contributed by atoms with Crippen LogP contribution in [0.4, 0.5) is 0 Å². The summed E-state index contributed by atoms with van der Waals surface area (Å²) in [6.07, 6.45) is 0. The number of nitrogens with zero attached hydrogens (tertiary/aromatic N) is 1. The van der Waals surface area contributed by atoms with Crippen LogP contribution in [-0.2, 0) is 0 Å². The van der Waals surface area contributed by atoms with Gasteiger partial charge in [-0.05, 0) is 24.6 Å². The van der Waals surface area contributed by atoms with E-state index in [4.69, 9.17) is 9.47 Å². The third-order valence-electron chi connectivity index (χ3n) is 3.90. The summed E-state index contributed by atoms with van der Waals surface area (Å²) >= 11 is 0. The minimum absolute atomic E-state index is 0. The van der Waals surface area contributed by atoms with E-state index in [9.17, 15) is 4.79 Å². The molecule has 0 radical (unpaired) electrons. The number of methoxy groups -OCH3 is 2. The number of rotatable bonds is 6. The van der Waals surface area contributed by atoms with Crippen LogP contribution in [0, 0.1) is 6.92 Å². The molecule has 0 aliphatic carbocycles. The van der Waals surface area contributed by atoms with E-state index in [1.807, 2.05) is 13.0 Å². The van der Waals surface area contributed by atoms with Crippen LogP contribution in [0.5, 0.6) is 11.5 Å². The van der Waals surface area contributed by atoms with E-state index in [2.05, 4.69) is 15.5 Å². The van der Waals surface area contributed by atoms with Crippen molar-refractivity contribution in [1.29, 1.82) is 0 Å². The van der Waals surface area contributed by atoms with E-state index in [0.29, 0.717) is 23.6 Å². The zero-order valence-corrected chi connectivity index (χ0v) is 14.8. The maximum atomic E-state index is 12.3. The quantitative estimate of drug-likeness (QED) is 0.809. The first-order valence-corrected chi connectivity index (χ1v) is 7.59. The van der Waals surface area contributed by atoms with Crippen molar-refractivity contribution < 1.29 is 14.3 Å². The first kappa shape index (κ1) is 19.5. The average molecular weight is 344 g/mol. The molecule has 7 heteroatoms. The van der Waals surface area contributed by atoms with Gasteiger partial charge >= 0.3 is 0 Å². The van der Waals surface area contributed by atoms with Gasteiger partial charge in [0.2, 0.25) is 0 Å². The van der Waals surface area contributed by atoms with Gasteiger partial charge in [-0.2, -0.15) is 0 Å². The summed E-state index contributed by atoms with van der Waals surface area (Å²) in [5.41, 5.74) is 1.50. The Morgan fingerprint density at radius 2 is 1.83 bits per heavy atom. The van der Waals surface area contributed by atoms with Crippen molar-refractivity contribution in [2.75, 3.05) is 53.5 Å². The lowest BCUT2D eigenvalue weighted by atomic mass is 10.1. The van der Waals surface area contributed by atoms with Gasteiger partial charge in [0.1, 0.15) is 0 Å². The molecule has 1 aliphatic heterocycles. The number of hydrogen-bond donors (Lipinski definition) is 2. The lowest BCUT2D eigenvalue weighted by Gasteiger charge is -2.27. The van der Waals surface area contributed by atoms with E-state index in [-0.39, 0.29) is 18.3 Å². The van der Waals surface area contributed by atoms with Gasteiger partial charge in [-0.15, -0.1) is 12.4 Å². The molecule has 130 valence electrons. The Morgan fingerprint density at radius 3 is 2.43 bits per heavy atom. The van der Waals surface area contributed by atoms with Crippen molar-refractivity contribution in [2.45, 2.75) is 6.92 Å². The fraction of sp³-hybridized carbons (Fsp3) is 0.562. The maximum absolute atomic E-state index is 12.3. The molecule has 0 atom stereocenters. The number of halogens is 1. The van der Waals surface area contributed by atoms with Gasteiger partial charge in [0.15, 0.2) is 11.5 Å². The molecular weight excluding hydrogens is 318 g/mol. The SMILES string of the molecule is COc1cc(C)c(C(=O)NCCN2CCNCC2)cc1OC.Cl. The lowest BCUT2D eigenvalue weighted by molar-refractivity contribution is 0.0946. The molecule has 1 aromatic carbocycles. The Labute approximate surface area is 143 Å². The van der Waals surface area contributed by atoms with Crippen molar-refractivity contribution >= 4 is 18.3 Å². The number of ether oxygens (including phenoxy) is 2. The number of benzene rings is 1. The van der Waals surface area contributed by atoms with Crippen molar-refractivity contribution in [3.63, 3.8) is 0 Å². The predicted molar refractivity (Wildman–Crippen MR) is 93.2 cm³/mol. The highest BCUT2D eigenvalue weighted by atomic mass is 35.5. The van der Waals surface area contributed by atoms with Gasteiger partial charge in [-0.1, -0.05) is 0 Å². The molecular formula is C16H26ClN3O3. The molecule has 0 unspecified atom stereocenters. The van der Waals surface area contributed by atoms with E-state index in [0.717, 1.165) is 38.3 Å². The standard InChI is InChI=1S/C16H25N3O3.ClH/c1-12-10-14(21-2)15(22-3)11-13(12)16(20)18-6-9-19-7-4-17-5-8-19;/h10-11,17H,4-9H2,1-3H3,(H,18,20);1H. The number of carbonyl (C=O) groups is 1. The second kappa shape index (κ2) is 9.60. The van der Waals surface area contributed by atoms with Crippen molar-refractivity contribution in [3.8, 4) is 11.5 Å². The third kappa shape index (κ3) is 5.27. The van der Waals surface area contributed by atoms with Gasteiger partial charge in [-0.25, -0.2) is 0 Å². The Balaban J connectivity index is 0.00000264. The summed E-state index contributed by atoms with van der Waals surface area (Å²) in [6.45, 7) is 7.52. The van der Waals surface area contributed by atoms with Crippen LogP contribution < -0.4 is 20.1 Å². The highest BCUT2D eigenvalue weighted by Crippen LogP contribution is 2.30. The highest BCUT2D eigenvalue weighted by molar-refractivity contribution is 5.96. The molecule has 1 fully saturated rings. The van der Waals surface area contributed by atoms with Gasteiger partial charge in [0.25, 0.3) is 5.91 Å². The number of amides is 1. The zero-order chi connectivity index (χ0) is 15.9. The number of hydrogen-bond acceptors (Lipinski definition) is 5. The van der Waals surface area contributed by atoms with Crippen molar-refractivity contribution in [1.82, 2.24) is 15.5 Å². The molecule has 0 bridgehead atoms. The Bertz CT molecular complexity index is 520. The van der Waals surface area contributed by atoms with Crippen molar-refractivity contribution in [2.24, 2.45) is 0 Å². The third-order valence-corrected chi connectivity index (χ3v) is 3.90. The molecule has 1 saturated heterocycles. The van der Waals surface area contributed by atoms with Gasteiger partial charge in [0, 0.05) is 44.8 Å². The number of carbonyl (C=O) groups excluding carboxylic acids is 1. The molecule has 0 aromatic heterocycles. The monoisotopic (exact) mass is 343 g/mol. The zero-order valence-electron chi connectivity index (χ0n) is 14.0. The Morgan fingerprint density at radius 1 is 1.22 bits per heavy atom. The molecule has 1 aliphatic rings. The molecule has 0 spiro atoms. The Kier molecular flexibility index (Phi) is 8.16. The molecule has 2 N–H and O–H groups in total. The summed E-state index contributed by atoms with van der Waals surface area (Å²) in [5, 5.41) is 6.29. The first-order valence-electron chi connectivity index (χ1n) is 7.59. The normalized spacial score (nSPS) is 14.7. The predicted octanol–water partition coefficient (Wildman–Crippen LogP) is 1.07. The smallest absolute Gasteiger partial charge is 0.251 e. The van der Waals surface area contributed by atoms with Crippen LogP contribution in [0.3, 0.4) is 0 Å². The van der Waals surface area contributed by atoms with Crippen LogP contribution >= 0.6 is 12.4 Å². The van der Waals surface area contributed by atoms with Gasteiger partial charge < -0.3 is 20.1 Å². The molecule has 1 heterocycles. The summed E-state index contributed by atoms with van der Waals surface area (Å²) < 4.78 is 10.5. The van der Waals surface area contributed by atoms with Crippen LogP contribution in [-0.4, -0.2) is 64.3 Å². The minimum Gasteiger partial charge on any atom is -0.493 e. The highest BCUT2D eigenvalue weighted by Gasteiger charge is 2.15. The van der Waals surface area contributed by atoms with E-state index in [1.54, 1.807) is 20.3 Å². The van der Waals surface area contributed by atoms with Crippen LogP contribution in [0.2, 0.25) is 0 Å². The minimum atomic E-state index is -0.0754.